The molecule has 2 aliphatic carbocycles. The molecule has 2 aliphatic rings. The van der Waals surface area contributed by atoms with Crippen LogP contribution < -0.4 is 10.5 Å². The van der Waals surface area contributed by atoms with E-state index in [2.05, 4.69) is 151 Å². The summed E-state index contributed by atoms with van der Waals surface area (Å²) in [6.45, 7) is 21.3. The fraction of sp³-hybridized carbons (Fsp3) is 0.375. The minimum absolute atomic E-state index is 0.134. The van der Waals surface area contributed by atoms with Crippen LogP contribution in [0.2, 0.25) is 0 Å². The Morgan fingerprint density at radius 3 is 1.32 bits per heavy atom. The van der Waals surface area contributed by atoms with Crippen LogP contribution in [0.15, 0.2) is 83.9 Å². The van der Waals surface area contributed by atoms with Crippen molar-refractivity contribution >= 4 is 45.7 Å². The van der Waals surface area contributed by atoms with Crippen molar-refractivity contribution in [2.75, 3.05) is 0 Å². The Morgan fingerprint density at radius 2 is 0.964 bits per heavy atom. The summed E-state index contributed by atoms with van der Waals surface area (Å²) in [6, 6.07) is 26.1. The van der Waals surface area contributed by atoms with Gasteiger partial charge in [0.1, 0.15) is 0 Å². The summed E-state index contributed by atoms with van der Waals surface area (Å²) in [5.74, 6) is -0.115. The molecule has 0 spiro atoms. The van der Waals surface area contributed by atoms with Gasteiger partial charge < -0.3 is 0 Å². The van der Waals surface area contributed by atoms with Crippen molar-refractivity contribution < 1.29 is 25.5 Å². The molecule has 2 N–H and O–H groups in total. The van der Waals surface area contributed by atoms with Gasteiger partial charge in [0.05, 0.1) is 0 Å². The zero-order valence-corrected chi connectivity index (χ0v) is 40.0. The summed E-state index contributed by atoms with van der Waals surface area (Å²) >= 11 is -6.25. The van der Waals surface area contributed by atoms with Gasteiger partial charge in [0.15, 0.2) is 0 Å². The number of amides is 2. The first kappa shape index (κ1) is 42.4. The molecule has 0 heterocycles. The molecule has 4 aromatic carbocycles. The van der Waals surface area contributed by atoms with Crippen LogP contribution in [0.3, 0.4) is 0 Å². The van der Waals surface area contributed by atoms with Gasteiger partial charge in [-0.3, -0.25) is 0 Å². The number of aryl methyl sites for hydroxylation is 2. The fourth-order valence-electron chi connectivity index (χ4n) is 9.30. The van der Waals surface area contributed by atoms with Crippen LogP contribution in [0, 0.1) is 39.5 Å². The molecule has 56 heavy (non-hydrogen) atoms. The normalized spacial score (nSPS) is 17.8. The molecule has 4 atom stereocenters. The van der Waals surface area contributed by atoms with Gasteiger partial charge in [0, 0.05) is 0 Å². The van der Waals surface area contributed by atoms with Gasteiger partial charge in [-0.1, -0.05) is 0 Å². The summed E-state index contributed by atoms with van der Waals surface area (Å²) in [5, 5.41) is 6.64. The zero-order chi connectivity index (χ0) is 40.7. The van der Waals surface area contributed by atoms with E-state index in [1.165, 1.54) is 44.5 Å². The van der Waals surface area contributed by atoms with Crippen molar-refractivity contribution in [2.45, 2.75) is 102 Å². The van der Waals surface area contributed by atoms with Gasteiger partial charge in [-0.25, -0.2) is 0 Å². The first-order valence-corrected chi connectivity index (χ1v) is 35.7. The standard InChI is InChI=1S/2C21H23.C6H11BN2O2.2ClH.Hf/c2*1-5-14(2)18-12-17-9-7-11-20(21(17)13-18)19-10-6-8-15(3)16(19)4;1-3-5(10)8-7-9-6(11)4-2;;;/h2*6-14H,5H2,1-4H3;3-4H2,1-2H3,(H-,8,9,10,11);2*1H;/q;;;;;+1/p-1. The summed E-state index contributed by atoms with van der Waals surface area (Å²) in [5.41, 5.74) is 16.4. The number of benzene rings is 4. The number of carbonyl (C=O) groups is 2. The quantitative estimate of drug-likeness (QED) is 0.131. The zero-order valence-electron chi connectivity index (χ0n) is 34.9. The number of allylic oxidation sites excluding steroid dienone is 2. The number of halogens is 2. The second kappa shape index (κ2) is 16.6. The van der Waals surface area contributed by atoms with Crippen molar-refractivity contribution in [1.29, 1.82) is 0 Å². The van der Waals surface area contributed by atoms with Gasteiger partial charge in [0.2, 0.25) is 0 Å². The molecule has 4 aromatic rings. The number of hydrogen-bond donors (Lipinski definition) is 2. The van der Waals surface area contributed by atoms with Crippen LogP contribution in [-0.4, -0.2) is 16.4 Å². The van der Waals surface area contributed by atoms with Crippen LogP contribution in [0.5, 0.6) is 0 Å². The second-order valence-electron chi connectivity index (χ2n) is 16.4. The van der Waals surface area contributed by atoms with E-state index in [0.29, 0.717) is 0 Å². The number of carbonyl (C=O) groups excluding carboxylic acids is 2. The molecule has 4 nitrogen and oxygen atoms in total. The third kappa shape index (κ3) is 7.15. The van der Waals surface area contributed by atoms with Gasteiger partial charge >= 0.3 is 346 Å². The molecule has 8 heteroatoms. The summed E-state index contributed by atoms with van der Waals surface area (Å²) < 4.78 is -1.76. The van der Waals surface area contributed by atoms with E-state index in [1.807, 2.05) is 13.8 Å². The molecule has 0 saturated carbocycles. The number of rotatable bonds is 13. The Morgan fingerprint density at radius 1 is 0.607 bits per heavy atom. The summed E-state index contributed by atoms with van der Waals surface area (Å²) in [6.07, 6.45) is 6.96. The molecule has 0 fully saturated rings. The Bertz CT molecular complexity index is 2110. The van der Waals surface area contributed by atoms with Crippen molar-refractivity contribution in [2.24, 2.45) is 11.8 Å². The van der Waals surface area contributed by atoms with E-state index in [4.69, 9.17) is 17.2 Å². The van der Waals surface area contributed by atoms with Gasteiger partial charge in [-0.15, -0.1) is 0 Å². The van der Waals surface area contributed by atoms with Crippen LogP contribution in [0.1, 0.15) is 119 Å². The maximum atomic E-state index is 13.8. The fourth-order valence-corrected chi connectivity index (χ4v) is 39.1. The second-order valence-corrected chi connectivity index (χ2v) is 46.8. The van der Waals surface area contributed by atoms with Crippen LogP contribution in [0.4, 0.5) is 0 Å². The first-order valence-electron chi connectivity index (χ1n) is 20.6. The van der Waals surface area contributed by atoms with E-state index < -0.39 is 27.8 Å². The molecule has 293 valence electrons. The van der Waals surface area contributed by atoms with E-state index in [-0.39, 0.29) is 36.5 Å². The summed E-state index contributed by atoms with van der Waals surface area (Å²) in [4.78, 5) is 27.6. The molecule has 0 radical (unpaired) electrons. The molecule has 6 rings (SSSR count). The monoisotopic (exact) mass is 955 g/mol. The van der Waals surface area contributed by atoms with E-state index >= 15 is 0 Å². The van der Waals surface area contributed by atoms with E-state index in [0.717, 1.165) is 46.2 Å². The minimum atomic E-state index is -6.25. The third-order valence-corrected chi connectivity index (χ3v) is 41.5. The molecule has 0 bridgehead atoms. The Labute approximate surface area is 344 Å². The molecule has 0 aromatic heterocycles. The van der Waals surface area contributed by atoms with Crippen molar-refractivity contribution in [3.05, 3.63) is 128 Å². The van der Waals surface area contributed by atoms with Gasteiger partial charge in [0.25, 0.3) is 0 Å². The Hall–Kier alpha value is -3.18. The molecular weight excluding hydrogens is 897 g/mol. The molecule has 0 aliphatic heterocycles. The Kier molecular flexibility index (Phi) is 12.6. The number of fused-ring (bicyclic) bond motifs is 2. The molecule has 0 saturated heterocycles. The van der Waals surface area contributed by atoms with Gasteiger partial charge in [-0.2, -0.15) is 0 Å². The van der Waals surface area contributed by atoms with Crippen molar-refractivity contribution in [3.8, 4) is 22.3 Å². The van der Waals surface area contributed by atoms with Crippen molar-refractivity contribution in [1.82, 2.24) is 10.5 Å². The van der Waals surface area contributed by atoms with Gasteiger partial charge in [-0.05, 0) is 0 Å². The summed E-state index contributed by atoms with van der Waals surface area (Å²) in [7, 11) is 18.0. The molecule has 4 unspecified atom stereocenters. The van der Waals surface area contributed by atoms with Crippen LogP contribution in [-0.2, 0) is 25.5 Å². The average molecular weight is 955 g/mol. The van der Waals surface area contributed by atoms with E-state index in [9.17, 15) is 9.59 Å². The predicted molar refractivity (Wildman–Crippen MR) is 237 cm³/mol. The predicted octanol–water partition coefficient (Wildman–Crippen LogP) is 13.0. The molecular formula is C48H58BCl2HfN2O2. The number of nitrogens with one attached hydrogen (secondary N) is 2. The third-order valence-electron chi connectivity index (χ3n) is 13.3. The molecule has 2 amide bonds. The SMILES string of the molecule is CCC(=O)N[B](NC(=O)CC)[Hf]([Cl])([Cl])([CH]1C(C(C)CC)=Cc2c(-c3cccc(C)c3C)cccc21)[CH]1C(C(C)CC)=Cc2c(-c3cccc(C)c3C)cccc21. The van der Waals surface area contributed by atoms with Crippen LogP contribution >= 0.6 is 17.2 Å². The van der Waals surface area contributed by atoms with Crippen molar-refractivity contribution in [3.63, 3.8) is 0 Å². The maximum absolute atomic E-state index is 13.8. The Balaban J connectivity index is 1.76. The topological polar surface area (TPSA) is 58.2 Å². The average Bonchev–Trinajstić information content (AvgIpc) is 3.80. The van der Waals surface area contributed by atoms with Crippen LogP contribution in [0.25, 0.3) is 34.4 Å². The van der Waals surface area contributed by atoms with E-state index in [1.54, 1.807) is 0 Å². The number of hydrogen-bond acceptors (Lipinski definition) is 2. The first-order chi connectivity index (χ1) is 26.6.